The number of imide groups is 1. The van der Waals surface area contributed by atoms with Gasteiger partial charge in [0.15, 0.2) is 0 Å². The van der Waals surface area contributed by atoms with Crippen molar-refractivity contribution < 1.29 is 9.59 Å². The number of rotatable bonds is 1. The fourth-order valence-electron chi connectivity index (χ4n) is 4.25. The Hall–Kier alpha value is -2.56. The molecular weight excluding hydrogens is 278 g/mol. The summed E-state index contributed by atoms with van der Waals surface area (Å²) in [7, 11) is 0. The minimum atomic E-state index is -0.167. The molecule has 22 heavy (non-hydrogen) atoms. The highest BCUT2D eigenvalue weighted by molar-refractivity contribution is 6.23. The molecule has 0 spiro atoms. The van der Waals surface area contributed by atoms with Crippen LogP contribution in [0.1, 0.15) is 6.42 Å². The van der Waals surface area contributed by atoms with Crippen LogP contribution in [0.25, 0.3) is 11.0 Å². The van der Waals surface area contributed by atoms with E-state index in [1.165, 1.54) is 4.90 Å². The second-order valence-corrected chi connectivity index (χ2v) is 6.24. The van der Waals surface area contributed by atoms with E-state index in [0.29, 0.717) is 11.2 Å². The molecule has 1 aromatic carbocycles. The molecule has 4 atom stereocenters. The van der Waals surface area contributed by atoms with Crippen molar-refractivity contribution >= 4 is 28.5 Å². The van der Waals surface area contributed by atoms with Crippen LogP contribution in [-0.4, -0.2) is 21.8 Å². The first kappa shape index (κ1) is 12.0. The van der Waals surface area contributed by atoms with Gasteiger partial charge in [-0.25, -0.2) is 4.90 Å². The Morgan fingerprint density at radius 2 is 1.55 bits per heavy atom. The number of fused-ring (bicyclic) bond motifs is 6. The smallest absolute Gasteiger partial charge is 0.238 e. The quantitative estimate of drug-likeness (QED) is 0.595. The summed E-state index contributed by atoms with van der Waals surface area (Å²) in [6.45, 7) is 0. The fourth-order valence-corrected chi connectivity index (χ4v) is 4.25. The van der Waals surface area contributed by atoms with E-state index in [-0.39, 0.29) is 35.5 Å². The van der Waals surface area contributed by atoms with E-state index in [9.17, 15) is 9.59 Å². The molecule has 2 aliphatic carbocycles. The predicted molar refractivity (Wildman–Crippen MR) is 79.7 cm³/mol. The highest BCUT2D eigenvalue weighted by Gasteiger charge is 2.59. The lowest BCUT2D eigenvalue weighted by Gasteiger charge is -2.17. The molecule has 5 nitrogen and oxygen atoms in total. The molecule has 108 valence electrons. The highest BCUT2D eigenvalue weighted by Crippen LogP contribution is 2.53. The molecule has 3 aliphatic rings. The zero-order valence-electron chi connectivity index (χ0n) is 11.7. The van der Waals surface area contributed by atoms with E-state index in [4.69, 9.17) is 0 Å². The summed E-state index contributed by atoms with van der Waals surface area (Å²) in [5.74, 6) is 0.0127. The molecule has 1 saturated carbocycles. The maximum Gasteiger partial charge on any atom is 0.238 e. The third-order valence-corrected chi connectivity index (χ3v) is 5.18. The van der Waals surface area contributed by atoms with E-state index < -0.39 is 0 Å². The van der Waals surface area contributed by atoms with Crippen molar-refractivity contribution in [2.45, 2.75) is 6.42 Å². The van der Waals surface area contributed by atoms with Crippen LogP contribution in [-0.2, 0) is 9.59 Å². The molecule has 1 aliphatic heterocycles. The summed E-state index contributed by atoms with van der Waals surface area (Å²) < 4.78 is 0. The van der Waals surface area contributed by atoms with Crippen LogP contribution < -0.4 is 4.90 Å². The second-order valence-electron chi connectivity index (χ2n) is 6.24. The van der Waals surface area contributed by atoms with Gasteiger partial charge in [0, 0.05) is 12.4 Å². The number of aromatic nitrogens is 2. The number of anilines is 1. The molecule has 2 bridgehead atoms. The second kappa shape index (κ2) is 4.00. The summed E-state index contributed by atoms with van der Waals surface area (Å²) in [6.07, 6.45) is 8.39. The molecule has 2 heterocycles. The van der Waals surface area contributed by atoms with Gasteiger partial charge in [-0.2, -0.15) is 0 Å². The number of carbonyl (C=O) groups is 2. The van der Waals surface area contributed by atoms with Crippen molar-refractivity contribution in [2.24, 2.45) is 23.7 Å². The van der Waals surface area contributed by atoms with Crippen LogP contribution in [0.5, 0.6) is 0 Å². The van der Waals surface area contributed by atoms with Crippen LogP contribution >= 0.6 is 0 Å². The Morgan fingerprint density at radius 3 is 2.23 bits per heavy atom. The van der Waals surface area contributed by atoms with Gasteiger partial charge in [0.05, 0.1) is 28.6 Å². The topological polar surface area (TPSA) is 63.2 Å². The highest BCUT2D eigenvalue weighted by atomic mass is 16.2. The molecule has 5 heteroatoms. The molecule has 0 N–H and O–H groups in total. The summed E-state index contributed by atoms with van der Waals surface area (Å²) in [5, 5.41) is 0. The zero-order chi connectivity index (χ0) is 14.8. The van der Waals surface area contributed by atoms with Crippen LogP contribution in [0.2, 0.25) is 0 Å². The average molecular weight is 291 g/mol. The van der Waals surface area contributed by atoms with Gasteiger partial charge in [0.2, 0.25) is 11.8 Å². The third kappa shape index (κ3) is 1.38. The fraction of sp³-hybridized carbons (Fsp3) is 0.294. The predicted octanol–water partition coefficient (Wildman–Crippen LogP) is 1.94. The summed E-state index contributed by atoms with van der Waals surface area (Å²) in [4.78, 5) is 35.3. The first-order chi connectivity index (χ1) is 10.7. The first-order valence-corrected chi connectivity index (χ1v) is 7.51. The Kier molecular flexibility index (Phi) is 2.19. The maximum atomic E-state index is 12.8. The van der Waals surface area contributed by atoms with E-state index in [0.717, 1.165) is 11.9 Å². The molecule has 5 rings (SSSR count). The van der Waals surface area contributed by atoms with E-state index in [2.05, 4.69) is 22.1 Å². The standard InChI is InChI=1S/C17H13N3O2/c21-16-14-9-1-2-10(7-9)15(14)17(22)20(16)11-3-4-12-13(8-11)19-6-5-18-12/h1-6,8-10,14-15H,7H2/t9-,10-,14-,15+/m0/s1. The SMILES string of the molecule is O=C1[C@@H]2[C@H](C(=O)N1c1ccc3nccnc3c1)[C@H]1C=C[C@H]2C1. The zero-order valence-corrected chi connectivity index (χ0v) is 11.7. The largest absolute Gasteiger partial charge is 0.274 e. The number of amides is 2. The van der Waals surface area contributed by atoms with E-state index >= 15 is 0 Å². The van der Waals surface area contributed by atoms with Crippen LogP contribution in [0.4, 0.5) is 5.69 Å². The van der Waals surface area contributed by atoms with Gasteiger partial charge in [-0.3, -0.25) is 19.6 Å². The monoisotopic (exact) mass is 291 g/mol. The molecule has 2 fully saturated rings. The van der Waals surface area contributed by atoms with Gasteiger partial charge in [0.1, 0.15) is 0 Å². The van der Waals surface area contributed by atoms with Crippen LogP contribution in [0.3, 0.4) is 0 Å². The summed E-state index contributed by atoms with van der Waals surface area (Å²) in [6, 6.07) is 5.36. The number of hydrogen-bond donors (Lipinski definition) is 0. The number of hydrogen-bond acceptors (Lipinski definition) is 4. The molecule has 2 aromatic rings. The maximum absolute atomic E-state index is 12.8. The van der Waals surface area contributed by atoms with Gasteiger partial charge in [-0.15, -0.1) is 0 Å². The molecule has 2 amide bonds. The molecule has 1 aromatic heterocycles. The van der Waals surface area contributed by atoms with Gasteiger partial charge in [-0.1, -0.05) is 12.2 Å². The van der Waals surface area contributed by atoms with Crippen LogP contribution in [0.15, 0.2) is 42.7 Å². The van der Waals surface area contributed by atoms with Crippen molar-refractivity contribution in [3.63, 3.8) is 0 Å². The third-order valence-electron chi connectivity index (χ3n) is 5.18. The van der Waals surface area contributed by atoms with Gasteiger partial charge >= 0.3 is 0 Å². The number of benzene rings is 1. The molecule has 1 saturated heterocycles. The van der Waals surface area contributed by atoms with Crippen molar-refractivity contribution in [3.05, 3.63) is 42.7 Å². The van der Waals surface area contributed by atoms with Crippen molar-refractivity contribution in [1.82, 2.24) is 9.97 Å². The lowest BCUT2D eigenvalue weighted by molar-refractivity contribution is -0.123. The van der Waals surface area contributed by atoms with Gasteiger partial charge in [0.25, 0.3) is 0 Å². The first-order valence-electron chi connectivity index (χ1n) is 7.51. The molecule has 0 radical (unpaired) electrons. The Balaban J connectivity index is 1.60. The number of nitrogens with zero attached hydrogens (tertiary/aromatic N) is 3. The lowest BCUT2D eigenvalue weighted by Crippen LogP contribution is -2.32. The average Bonchev–Trinajstić information content (AvgIpc) is 3.21. The van der Waals surface area contributed by atoms with Crippen molar-refractivity contribution in [3.8, 4) is 0 Å². The number of carbonyl (C=O) groups excluding carboxylic acids is 2. The Bertz CT molecular complexity index is 830. The summed E-state index contributed by atoms with van der Waals surface area (Å²) in [5.41, 5.74) is 2.06. The van der Waals surface area contributed by atoms with Gasteiger partial charge in [-0.05, 0) is 36.5 Å². The van der Waals surface area contributed by atoms with Crippen molar-refractivity contribution in [1.29, 1.82) is 0 Å². The Labute approximate surface area is 126 Å². The van der Waals surface area contributed by atoms with Crippen LogP contribution in [0, 0.1) is 23.7 Å². The van der Waals surface area contributed by atoms with E-state index in [1.807, 2.05) is 0 Å². The summed E-state index contributed by atoms with van der Waals surface area (Å²) >= 11 is 0. The molecular formula is C17H13N3O2. The minimum absolute atomic E-state index is 0.0601. The minimum Gasteiger partial charge on any atom is -0.274 e. The number of allylic oxidation sites excluding steroid dienone is 2. The Morgan fingerprint density at radius 1 is 0.909 bits per heavy atom. The molecule has 0 unspecified atom stereocenters. The van der Waals surface area contributed by atoms with Gasteiger partial charge < -0.3 is 0 Å². The normalized spacial score (nSPS) is 32.3. The lowest BCUT2D eigenvalue weighted by atomic mass is 9.85. The van der Waals surface area contributed by atoms with E-state index in [1.54, 1.807) is 30.6 Å². The van der Waals surface area contributed by atoms with Crippen molar-refractivity contribution in [2.75, 3.05) is 4.90 Å².